The average molecular weight is 226 g/mol. The van der Waals surface area contributed by atoms with Crippen molar-refractivity contribution in [1.82, 2.24) is 0 Å². The molecule has 0 fully saturated rings. The third-order valence-electron chi connectivity index (χ3n) is 3.55. The highest BCUT2D eigenvalue weighted by molar-refractivity contribution is 5.69. The second kappa shape index (κ2) is 4.33. The van der Waals surface area contributed by atoms with E-state index in [1.807, 2.05) is 12.1 Å². The lowest BCUT2D eigenvalue weighted by Crippen LogP contribution is -2.04. The number of benzene rings is 2. The van der Waals surface area contributed by atoms with E-state index in [9.17, 15) is 4.39 Å². The van der Waals surface area contributed by atoms with E-state index in [1.54, 1.807) is 0 Å². The summed E-state index contributed by atoms with van der Waals surface area (Å²) in [6.45, 7) is 0. The van der Waals surface area contributed by atoms with Crippen molar-refractivity contribution in [3.05, 3.63) is 59.4 Å². The van der Waals surface area contributed by atoms with E-state index in [1.165, 1.54) is 48.1 Å². The summed E-state index contributed by atoms with van der Waals surface area (Å²) in [5.74, 6) is -0.168. The summed E-state index contributed by atoms with van der Waals surface area (Å²) in [5, 5.41) is 0. The SMILES string of the molecule is Fc1ccc(-c2cccc3c2CCCC3)cc1. The van der Waals surface area contributed by atoms with Crippen LogP contribution in [0.5, 0.6) is 0 Å². The molecule has 0 saturated heterocycles. The lowest BCUT2D eigenvalue weighted by atomic mass is 9.86. The van der Waals surface area contributed by atoms with Crippen LogP contribution in [-0.4, -0.2) is 0 Å². The van der Waals surface area contributed by atoms with Gasteiger partial charge in [0.2, 0.25) is 0 Å². The smallest absolute Gasteiger partial charge is 0.123 e. The van der Waals surface area contributed by atoms with Crippen LogP contribution in [-0.2, 0) is 12.8 Å². The van der Waals surface area contributed by atoms with Crippen molar-refractivity contribution in [2.75, 3.05) is 0 Å². The fourth-order valence-electron chi connectivity index (χ4n) is 2.68. The maximum Gasteiger partial charge on any atom is 0.123 e. The van der Waals surface area contributed by atoms with Crippen molar-refractivity contribution in [2.24, 2.45) is 0 Å². The molecule has 0 heterocycles. The summed E-state index contributed by atoms with van der Waals surface area (Å²) < 4.78 is 12.9. The molecule has 0 N–H and O–H groups in total. The molecule has 0 radical (unpaired) electrons. The summed E-state index contributed by atoms with van der Waals surface area (Å²) in [5.41, 5.74) is 5.34. The van der Waals surface area contributed by atoms with E-state index in [4.69, 9.17) is 0 Å². The summed E-state index contributed by atoms with van der Waals surface area (Å²) in [6, 6.07) is 13.3. The van der Waals surface area contributed by atoms with Gasteiger partial charge in [0.25, 0.3) is 0 Å². The van der Waals surface area contributed by atoms with Gasteiger partial charge in [-0.25, -0.2) is 4.39 Å². The highest BCUT2D eigenvalue weighted by Gasteiger charge is 2.13. The van der Waals surface area contributed by atoms with Crippen LogP contribution in [0.4, 0.5) is 4.39 Å². The Morgan fingerprint density at radius 1 is 0.824 bits per heavy atom. The van der Waals surface area contributed by atoms with Crippen molar-refractivity contribution >= 4 is 0 Å². The Bertz CT molecular complexity index is 526. The molecule has 86 valence electrons. The van der Waals surface area contributed by atoms with Crippen LogP contribution in [0.15, 0.2) is 42.5 Å². The largest absolute Gasteiger partial charge is 0.207 e. The van der Waals surface area contributed by atoms with Crippen LogP contribution in [0.2, 0.25) is 0 Å². The Balaban J connectivity index is 2.11. The van der Waals surface area contributed by atoms with Gasteiger partial charge in [0.05, 0.1) is 0 Å². The number of rotatable bonds is 1. The molecule has 17 heavy (non-hydrogen) atoms. The summed E-state index contributed by atoms with van der Waals surface area (Å²) in [7, 11) is 0. The van der Waals surface area contributed by atoms with Crippen molar-refractivity contribution in [1.29, 1.82) is 0 Å². The normalized spacial score (nSPS) is 14.4. The lowest BCUT2D eigenvalue weighted by Gasteiger charge is -2.19. The average Bonchev–Trinajstić information content (AvgIpc) is 2.39. The topological polar surface area (TPSA) is 0 Å². The zero-order chi connectivity index (χ0) is 11.7. The van der Waals surface area contributed by atoms with E-state index in [0.29, 0.717) is 0 Å². The van der Waals surface area contributed by atoms with Crippen molar-refractivity contribution in [3.63, 3.8) is 0 Å². The van der Waals surface area contributed by atoms with Crippen molar-refractivity contribution in [2.45, 2.75) is 25.7 Å². The highest BCUT2D eigenvalue weighted by atomic mass is 19.1. The van der Waals surface area contributed by atoms with Gasteiger partial charge in [-0.05, 0) is 60.1 Å². The minimum atomic E-state index is -0.168. The van der Waals surface area contributed by atoms with E-state index in [-0.39, 0.29) is 5.82 Å². The molecule has 1 heteroatoms. The predicted molar refractivity (Wildman–Crippen MR) is 68.5 cm³/mol. The zero-order valence-corrected chi connectivity index (χ0v) is 9.75. The van der Waals surface area contributed by atoms with Crippen LogP contribution >= 0.6 is 0 Å². The predicted octanol–water partition coefficient (Wildman–Crippen LogP) is 4.37. The number of aryl methyl sites for hydroxylation is 1. The Hall–Kier alpha value is -1.63. The van der Waals surface area contributed by atoms with Gasteiger partial charge in [-0.1, -0.05) is 30.3 Å². The fourth-order valence-corrected chi connectivity index (χ4v) is 2.68. The van der Waals surface area contributed by atoms with E-state index in [0.717, 1.165) is 12.0 Å². The first kappa shape index (κ1) is 10.5. The Morgan fingerprint density at radius 2 is 1.59 bits per heavy atom. The van der Waals surface area contributed by atoms with Crippen molar-refractivity contribution < 1.29 is 4.39 Å². The molecule has 0 nitrogen and oxygen atoms in total. The van der Waals surface area contributed by atoms with Crippen LogP contribution in [0.3, 0.4) is 0 Å². The standard InChI is InChI=1S/C16H15F/c17-14-10-8-13(9-11-14)16-7-3-5-12-4-1-2-6-15(12)16/h3,5,7-11H,1-2,4,6H2. The maximum atomic E-state index is 12.9. The molecule has 0 spiro atoms. The zero-order valence-electron chi connectivity index (χ0n) is 9.75. The first-order chi connectivity index (χ1) is 8.34. The summed E-state index contributed by atoms with van der Waals surface area (Å²) in [6.07, 6.45) is 4.90. The van der Waals surface area contributed by atoms with Gasteiger partial charge in [0.15, 0.2) is 0 Å². The molecule has 1 aliphatic rings. The number of halogens is 1. The molecular formula is C16H15F. The van der Waals surface area contributed by atoms with Crippen LogP contribution in [0.1, 0.15) is 24.0 Å². The molecule has 0 aliphatic heterocycles. The van der Waals surface area contributed by atoms with Gasteiger partial charge >= 0.3 is 0 Å². The van der Waals surface area contributed by atoms with Gasteiger partial charge in [-0.2, -0.15) is 0 Å². The van der Waals surface area contributed by atoms with Crippen LogP contribution < -0.4 is 0 Å². The third kappa shape index (κ3) is 1.97. The van der Waals surface area contributed by atoms with Crippen LogP contribution in [0, 0.1) is 5.82 Å². The Kier molecular flexibility index (Phi) is 2.68. The monoisotopic (exact) mass is 226 g/mol. The van der Waals surface area contributed by atoms with Gasteiger partial charge in [0, 0.05) is 0 Å². The minimum absolute atomic E-state index is 0.168. The second-order valence-electron chi connectivity index (χ2n) is 4.66. The first-order valence-corrected chi connectivity index (χ1v) is 6.21. The number of hydrogen-bond donors (Lipinski definition) is 0. The number of hydrogen-bond acceptors (Lipinski definition) is 0. The quantitative estimate of drug-likeness (QED) is 0.677. The Labute approximate surface area is 101 Å². The van der Waals surface area contributed by atoms with Gasteiger partial charge in [-0.15, -0.1) is 0 Å². The molecule has 0 saturated carbocycles. The number of fused-ring (bicyclic) bond motifs is 1. The van der Waals surface area contributed by atoms with E-state index >= 15 is 0 Å². The van der Waals surface area contributed by atoms with Gasteiger partial charge in [0.1, 0.15) is 5.82 Å². The molecule has 0 unspecified atom stereocenters. The molecular weight excluding hydrogens is 211 g/mol. The highest BCUT2D eigenvalue weighted by Crippen LogP contribution is 2.31. The van der Waals surface area contributed by atoms with E-state index < -0.39 is 0 Å². The second-order valence-corrected chi connectivity index (χ2v) is 4.66. The molecule has 1 aliphatic carbocycles. The molecule has 3 rings (SSSR count). The molecule has 0 atom stereocenters. The Morgan fingerprint density at radius 3 is 2.41 bits per heavy atom. The molecule has 2 aromatic carbocycles. The summed E-state index contributed by atoms with van der Waals surface area (Å²) in [4.78, 5) is 0. The molecule has 0 amide bonds. The first-order valence-electron chi connectivity index (χ1n) is 6.21. The van der Waals surface area contributed by atoms with E-state index in [2.05, 4.69) is 18.2 Å². The molecule has 0 aromatic heterocycles. The third-order valence-corrected chi connectivity index (χ3v) is 3.55. The van der Waals surface area contributed by atoms with Gasteiger partial charge < -0.3 is 0 Å². The maximum absolute atomic E-state index is 12.9. The minimum Gasteiger partial charge on any atom is -0.207 e. The lowest BCUT2D eigenvalue weighted by molar-refractivity contribution is 0.628. The molecule has 2 aromatic rings. The fraction of sp³-hybridized carbons (Fsp3) is 0.250. The van der Waals surface area contributed by atoms with Crippen LogP contribution in [0.25, 0.3) is 11.1 Å². The molecule has 0 bridgehead atoms. The summed E-state index contributed by atoms with van der Waals surface area (Å²) >= 11 is 0. The van der Waals surface area contributed by atoms with Gasteiger partial charge in [-0.3, -0.25) is 0 Å². The van der Waals surface area contributed by atoms with Crippen molar-refractivity contribution in [3.8, 4) is 11.1 Å².